The Morgan fingerprint density at radius 1 is 0.882 bits per heavy atom. The quantitative estimate of drug-likeness (QED) is 0.862. The number of para-hydroxylation sites is 1. The second kappa shape index (κ2) is 6.21. The van der Waals surface area contributed by atoms with E-state index in [1.165, 1.54) is 5.56 Å². The Morgan fingerprint density at radius 2 is 1.47 bits per heavy atom. The molecule has 3 heteroatoms. The van der Waals surface area contributed by atoms with Crippen molar-refractivity contribution in [2.24, 2.45) is 0 Å². The number of nitrogens with one attached hydrogen (secondary N) is 1. The number of rotatable bonds is 5. The van der Waals surface area contributed by atoms with Crippen LogP contribution < -0.4 is 4.72 Å². The summed E-state index contributed by atoms with van der Waals surface area (Å²) in [5.41, 5.74) is 2.12. The first-order valence-corrected chi connectivity index (χ1v) is 6.90. The molecule has 0 saturated carbocycles. The first-order valence-electron chi connectivity index (χ1n) is 5.58. The van der Waals surface area contributed by atoms with Crippen LogP contribution >= 0.6 is 0 Å². The summed E-state index contributed by atoms with van der Waals surface area (Å²) in [4.78, 5) is 0. The Bertz CT molecular complexity index is 470. The van der Waals surface area contributed by atoms with Crippen LogP contribution in [0.25, 0.3) is 0 Å². The molecule has 0 heterocycles. The van der Waals surface area contributed by atoms with E-state index < -0.39 is 11.0 Å². The van der Waals surface area contributed by atoms with Crippen LogP contribution in [0, 0.1) is 0 Å². The SMILES string of the molecule is O=[S@@](CCc1ccccc1)Nc1ccccc1. The van der Waals surface area contributed by atoms with Gasteiger partial charge in [0.15, 0.2) is 0 Å². The van der Waals surface area contributed by atoms with Gasteiger partial charge < -0.3 is 4.72 Å². The highest BCUT2D eigenvalue weighted by Gasteiger charge is 2.00. The fourth-order valence-corrected chi connectivity index (χ4v) is 2.47. The molecule has 0 aliphatic heterocycles. The third-order valence-corrected chi connectivity index (χ3v) is 3.46. The molecule has 0 fully saturated rings. The summed E-state index contributed by atoms with van der Waals surface area (Å²) in [6, 6.07) is 19.7. The van der Waals surface area contributed by atoms with E-state index in [0.717, 1.165) is 12.1 Å². The van der Waals surface area contributed by atoms with E-state index in [9.17, 15) is 4.21 Å². The maximum atomic E-state index is 11.8. The molecule has 0 aliphatic rings. The molecule has 0 spiro atoms. The van der Waals surface area contributed by atoms with Crippen LogP contribution in [0.15, 0.2) is 60.7 Å². The first kappa shape index (κ1) is 11.9. The van der Waals surface area contributed by atoms with Gasteiger partial charge in [-0.15, -0.1) is 0 Å². The zero-order valence-electron chi connectivity index (χ0n) is 9.50. The second-order valence-corrected chi connectivity index (χ2v) is 5.06. The topological polar surface area (TPSA) is 29.1 Å². The molecular weight excluding hydrogens is 230 g/mol. The molecule has 0 radical (unpaired) electrons. The number of hydrogen-bond donors (Lipinski definition) is 1. The highest BCUT2D eigenvalue weighted by Crippen LogP contribution is 2.07. The van der Waals surface area contributed by atoms with Crippen LogP contribution in [-0.4, -0.2) is 9.96 Å². The number of aryl methyl sites for hydroxylation is 1. The van der Waals surface area contributed by atoms with Crippen molar-refractivity contribution < 1.29 is 4.21 Å². The van der Waals surface area contributed by atoms with Gasteiger partial charge in [-0.2, -0.15) is 0 Å². The molecule has 2 aromatic carbocycles. The third kappa shape index (κ3) is 4.04. The Hall–Kier alpha value is -1.61. The van der Waals surface area contributed by atoms with Crippen molar-refractivity contribution in [1.82, 2.24) is 0 Å². The third-order valence-electron chi connectivity index (χ3n) is 2.42. The van der Waals surface area contributed by atoms with E-state index in [4.69, 9.17) is 0 Å². The average Bonchev–Trinajstić information content (AvgIpc) is 2.39. The minimum atomic E-state index is -1.02. The summed E-state index contributed by atoms with van der Waals surface area (Å²) in [6.45, 7) is 0. The van der Waals surface area contributed by atoms with Gasteiger partial charge in [0.2, 0.25) is 0 Å². The summed E-state index contributed by atoms with van der Waals surface area (Å²) in [5.74, 6) is 0.624. The maximum absolute atomic E-state index is 11.8. The van der Waals surface area contributed by atoms with Crippen LogP contribution in [0.2, 0.25) is 0 Å². The van der Waals surface area contributed by atoms with Crippen LogP contribution in [0.4, 0.5) is 5.69 Å². The normalized spacial score (nSPS) is 12.0. The molecule has 88 valence electrons. The van der Waals surface area contributed by atoms with Crippen molar-refractivity contribution in [2.45, 2.75) is 6.42 Å². The van der Waals surface area contributed by atoms with Crippen LogP contribution in [0.1, 0.15) is 5.56 Å². The van der Waals surface area contributed by atoms with Gasteiger partial charge in [0.1, 0.15) is 11.0 Å². The maximum Gasteiger partial charge on any atom is 0.117 e. The van der Waals surface area contributed by atoms with E-state index in [1.807, 2.05) is 48.5 Å². The van der Waals surface area contributed by atoms with Crippen molar-refractivity contribution in [3.8, 4) is 0 Å². The van der Waals surface area contributed by atoms with E-state index in [-0.39, 0.29) is 0 Å². The first-order chi connectivity index (χ1) is 8.34. The molecular formula is C14H15NOS. The highest BCUT2D eigenvalue weighted by molar-refractivity contribution is 7.86. The zero-order chi connectivity index (χ0) is 11.9. The Balaban J connectivity index is 1.83. The van der Waals surface area contributed by atoms with Crippen LogP contribution in [-0.2, 0) is 17.4 Å². The Labute approximate surface area is 104 Å². The fourth-order valence-electron chi connectivity index (χ4n) is 1.54. The monoisotopic (exact) mass is 245 g/mol. The van der Waals surface area contributed by atoms with Crippen molar-refractivity contribution in [1.29, 1.82) is 0 Å². The predicted molar refractivity (Wildman–Crippen MR) is 73.2 cm³/mol. The fraction of sp³-hybridized carbons (Fsp3) is 0.143. The average molecular weight is 245 g/mol. The van der Waals surface area contributed by atoms with Crippen molar-refractivity contribution in [3.63, 3.8) is 0 Å². The lowest BCUT2D eigenvalue weighted by Gasteiger charge is -2.05. The van der Waals surface area contributed by atoms with Crippen molar-refractivity contribution in [3.05, 3.63) is 66.2 Å². The lowest BCUT2D eigenvalue weighted by atomic mass is 10.2. The van der Waals surface area contributed by atoms with E-state index in [0.29, 0.717) is 5.75 Å². The largest absolute Gasteiger partial charge is 0.305 e. The molecule has 2 nitrogen and oxygen atoms in total. The smallest absolute Gasteiger partial charge is 0.117 e. The molecule has 17 heavy (non-hydrogen) atoms. The highest BCUT2D eigenvalue weighted by atomic mass is 32.2. The molecule has 2 aromatic rings. The molecule has 0 aliphatic carbocycles. The van der Waals surface area contributed by atoms with Crippen molar-refractivity contribution >= 4 is 16.7 Å². The molecule has 0 bridgehead atoms. The lowest BCUT2D eigenvalue weighted by Crippen LogP contribution is -2.10. The molecule has 0 aromatic heterocycles. The lowest BCUT2D eigenvalue weighted by molar-refractivity contribution is 0.685. The minimum Gasteiger partial charge on any atom is -0.305 e. The van der Waals surface area contributed by atoms with Gasteiger partial charge in [-0.3, -0.25) is 0 Å². The molecule has 0 saturated heterocycles. The Kier molecular flexibility index (Phi) is 4.33. The second-order valence-electron chi connectivity index (χ2n) is 3.75. The Morgan fingerprint density at radius 3 is 2.12 bits per heavy atom. The summed E-state index contributed by atoms with van der Waals surface area (Å²) >= 11 is 0. The molecule has 1 N–H and O–H groups in total. The number of hydrogen-bond acceptors (Lipinski definition) is 1. The van der Waals surface area contributed by atoms with Gasteiger partial charge in [-0.1, -0.05) is 48.5 Å². The van der Waals surface area contributed by atoms with Gasteiger partial charge in [0.25, 0.3) is 0 Å². The van der Waals surface area contributed by atoms with Crippen molar-refractivity contribution in [2.75, 3.05) is 10.5 Å². The zero-order valence-corrected chi connectivity index (χ0v) is 10.3. The minimum absolute atomic E-state index is 0.624. The van der Waals surface area contributed by atoms with Gasteiger partial charge in [-0.05, 0) is 24.1 Å². The van der Waals surface area contributed by atoms with Gasteiger partial charge in [0.05, 0.1) is 0 Å². The van der Waals surface area contributed by atoms with Crippen LogP contribution in [0.3, 0.4) is 0 Å². The van der Waals surface area contributed by atoms with Gasteiger partial charge >= 0.3 is 0 Å². The summed E-state index contributed by atoms with van der Waals surface area (Å²) in [6.07, 6.45) is 0.827. The van der Waals surface area contributed by atoms with E-state index in [2.05, 4.69) is 16.9 Å². The van der Waals surface area contributed by atoms with E-state index >= 15 is 0 Å². The standard InChI is InChI=1S/C14H15NOS/c16-17(15-14-9-5-2-6-10-14)12-11-13-7-3-1-4-8-13/h1-10,15H,11-12H2/t17-/m0/s1. The molecule has 1 atom stereocenters. The van der Waals surface area contributed by atoms with Crippen LogP contribution in [0.5, 0.6) is 0 Å². The molecule has 0 amide bonds. The van der Waals surface area contributed by atoms with Gasteiger partial charge in [0, 0.05) is 11.4 Å². The molecule has 0 unspecified atom stereocenters. The molecule has 2 rings (SSSR count). The summed E-state index contributed by atoms with van der Waals surface area (Å²) < 4.78 is 14.8. The number of benzene rings is 2. The summed E-state index contributed by atoms with van der Waals surface area (Å²) in [5, 5.41) is 0. The van der Waals surface area contributed by atoms with E-state index in [1.54, 1.807) is 0 Å². The predicted octanol–water partition coefficient (Wildman–Crippen LogP) is 3.00. The van der Waals surface area contributed by atoms with Gasteiger partial charge in [-0.25, -0.2) is 4.21 Å². The summed E-state index contributed by atoms with van der Waals surface area (Å²) in [7, 11) is -1.02. The number of anilines is 1.